The molecule has 0 bridgehead atoms. The molecule has 4 rings (SSSR count). The molecule has 1 amide bonds. The third kappa shape index (κ3) is 4.54. The first-order valence-corrected chi connectivity index (χ1v) is 11.0. The van der Waals surface area contributed by atoms with Gasteiger partial charge in [0.05, 0.1) is 39.0 Å². The van der Waals surface area contributed by atoms with Crippen LogP contribution in [0, 0.1) is 6.92 Å². The number of quaternary nitrogens is 1. The number of para-hydroxylation sites is 3. The summed E-state index contributed by atoms with van der Waals surface area (Å²) < 4.78 is 5.49. The highest BCUT2D eigenvalue weighted by molar-refractivity contribution is 5.77. The lowest BCUT2D eigenvalue weighted by atomic mass is 10.1. The van der Waals surface area contributed by atoms with Gasteiger partial charge in [-0.1, -0.05) is 30.3 Å². The average Bonchev–Trinajstić information content (AvgIpc) is 2.80. The van der Waals surface area contributed by atoms with Gasteiger partial charge in [-0.2, -0.15) is 0 Å². The Morgan fingerprint density at radius 2 is 1.47 bits per heavy atom. The van der Waals surface area contributed by atoms with Crippen molar-refractivity contribution in [3.8, 4) is 5.75 Å². The van der Waals surface area contributed by atoms with Gasteiger partial charge in [0.25, 0.3) is 5.91 Å². The molecular formula is C24H33N4O2+. The fourth-order valence-electron chi connectivity index (χ4n) is 4.57. The Hall–Kier alpha value is -2.73. The van der Waals surface area contributed by atoms with E-state index in [-0.39, 0.29) is 5.91 Å². The van der Waals surface area contributed by atoms with Crippen molar-refractivity contribution < 1.29 is 14.4 Å². The van der Waals surface area contributed by atoms with Crippen LogP contribution in [0.4, 0.5) is 11.4 Å². The standard InChI is InChI=1S/C24H32N4O2/c1-20-7-3-4-8-21(20)26-13-11-25(12-14-26)19-24(29)28-17-15-27(16-18-28)22-9-5-6-10-23(22)30-2/h3-10H,11-19H2,1-2H3/p+1. The highest BCUT2D eigenvalue weighted by Crippen LogP contribution is 2.28. The Labute approximate surface area is 179 Å². The van der Waals surface area contributed by atoms with E-state index in [0.29, 0.717) is 6.54 Å². The van der Waals surface area contributed by atoms with E-state index in [0.717, 1.165) is 63.8 Å². The van der Waals surface area contributed by atoms with Gasteiger partial charge in [-0.05, 0) is 30.7 Å². The van der Waals surface area contributed by atoms with Crippen molar-refractivity contribution in [1.82, 2.24) is 4.90 Å². The van der Waals surface area contributed by atoms with E-state index in [1.165, 1.54) is 16.2 Å². The van der Waals surface area contributed by atoms with Crippen LogP contribution in [-0.4, -0.2) is 76.8 Å². The molecule has 0 spiro atoms. The molecule has 6 nitrogen and oxygen atoms in total. The zero-order valence-corrected chi connectivity index (χ0v) is 18.1. The smallest absolute Gasteiger partial charge is 0.277 e. The van der Waals surface area contributed by atoms with E-state index in [1.54, 1.807) is 7.11 Å². The maximum absolute atomic E-state index is 12.9. The average molecular weight is 410 g/mol. The molecule has 0 radical (unpaired) electrons. The molecule has 0 atom stereocenters. The molecule has 2 heterocycles. The lowest BCUT2D eigenvalue weighted by molar-refractivity contribution is -0.892. The number of hydrogen-bond acceptors (Lipinski definition) is 4. The maximum Gasteiger partial charge on any atom is 0.277 e. The quantitative estimate of drug-likeness (QED) is 0.802. The third-order valence-electron chi connectivity index (χ3n) is 6.39. The summed E-state index contributed by atoms with van der Waals surface area (Å²) in [6, 6.07) is 16.7. The van der Waals surface area contributed by atoms with E-state index in [4.69, 9.17) is 4.74 Å². The van der Waals surface area contributed by atoms with Crippen LogP contribution in [0.3, 0.4) is 0 Å². The number of hydrogen-bond donors (Lipinski definition) is 1. The van der Waals surface area contributed by atoms with Crippen molar-refractivity contribution in [2.24, 2.45) is 0 Å². The summed E-state index contributed by atoms with van der Waals surface area (Å²) in [4.78, 5) is 21.1. The molecular weight excluding hydrogens is 376 g/mol. The number of methoxy groups -OCH3 is 1. The first-order chi connectivity index (χ1) is 14.7. The van der Waals surface area contributed by atoms with Crippen molar-refractivity contribution in [3.63, 3.8) is 0 Å². The number of amides is 1. The second-order valence-corrected chi connectivity index (χ2v) is 8.24. The highest BCUT2D eigenvalue weighted by Gasteiger charge is 2.28. The number of benzene rings is 2. The minimum atomic E-state index is 0.286. The van der Waals surface area contributed by atoms with Crippen LogP contribution in [0.5, 0.6) is 5.75 Å². The van der Waals surface area contributed by atoms with Crippen LogP contribution < -0.4 is 19.4 Å². The monoisotopic (exact) mass is 409 g/mol. The van der Waals surface area contributed by atoms with Crippen LogP contribution in [0.15, 0.2) is 48.5 Å². The van der Waals surface area contributed by atoms with Crippen molar-refractivity contribution in [3.05, 3.63) is 54.1 Å². The van der Waals surface area contributed by atoms with E-state index < -0.39 is 0 Å². The number of carbonyl (C=O) groups is 1. The number of rotatable bonds is 5. The first kappa shape index (κ1) is 20.5. The van der Waals surface area contributed by atoms with Gasteiger partial charge in [-0.15, -0.1) is 0 Å². The van der Waals surface area contributed by atoms with E-state index in [9.17, 15) is 4.79 Å². The summed E-state index contributed by atoms with van der Waals surface area (Å²) in [5.74, 6) is 1.18. The minimum absolute atomic E-state index is 0.286. The van der Waals surface area contributed by atoms with Crippen LogP contribution >= 0.6 is 0 Å². The molecule has 160 valence electrons. The zero-order valence-electron chi connectivity index (χ0n) is 18.1. The number of nitrogens with one attached hydrogen (secondary N) is 1. The molecule has 0 aliphatic carbocycles. The van der Waals surface area contributed by atoms with Gasteiger partial charge in [-0.3, -0.25) is 4.79 Å². The predicted molar refractivity (Wildman–Crippen MR) is 121 cm³/mol. The highest BCUT2D eigenvalue weighted by atomic mass is 16.5. The number of nitrogens with zero attached hydrogens (tertiary/aromatic N) is 3. The molecule has 2 aromatic rings. The molecule has 6 heteroatoms. The zero-order chi connectivity index (χ0) is 20.9. The molecule has 2 aliphatic rings. The lowest BCUT2D eigenvalue weighted by Crippen LogP contribution is -3.16. The summed E-state index contributed by atoms with van der Waals surface area (Å²) in [5, 5.41) is 0. The molecule has 30 heavy (non-hydrogen) atoms. The van der Waals surface area contributed by atoms with Crippen molar-refractivity contribution in [2.45, 2.75) is 6.92 Å². The molecule has 0 aromatic heterocycles. The summed E-state index contributed by atoms with van der Waals surface area (Å²) >= 11 is 0. The minimum Gasteiger partial charge on any atom is -0.495 e. The Balaban J connectivity index is 1.25. The van der Waals surface area contributed by atoms with Gasteiger partial charge in [0.15, 0.2) is 6.54 Å². The molecule has 2 aromatic carbocycles. The van der Waals surface area contributed by atoms with Crippen LogP contribution in [0.25, 0.3) is 0 Å². The summed E-state index contributed by atoms with van der Waals surface area (Å²) in [6.45, 7) is 10.1. The third-order valence-corrected chi connectivity index (χ3v) is 6.39. The Morgan fingerprint density at radius 3 is 2.13 bits per heavy atom. The SMILES string of the molecule is COc1ccccc1N1CCN(C(=O)C[NH+]2CCN(c3ccccc3C)CC2)CC1. The second kappa shape index (κ2) is 9.39. The van der Waals surface area contributed by atoms with Gasteiger partial charge in [0.2, 0.25) is 0 Å². The largest absolute Gasteiger partial charge is 0.495 e. The lowest BCUT2D eigenvalue weighted by Gasteiger charge is -2.38. The molecule has 2 saturated heterocycles. The maximum atomic E-state index is 12.9. The number of aryl methyl sites for hydroxylation is 1. The molecule has 0 saturated carbocycles. The number of piperazine rings is 2. The Kier molecular flexibility index (Phi) is 6.43. The molecule has 0 unspecified atom stereocenters. The normalized spacial score (nSPS) is 17.9. The number of anilines is 2. The summed E-state index contributed by atoms with van der Waals surface area (Å²) in [6.07, 6.45) is 0. The van der Waals surface area contributed by atoms with Crippen LogP contribution in [0.1, 0.15) is 5.56 Å². The molecule has 1 N–H and O–H groups in total. The number of carbonyl (C=O) groups excluding carboxylic acids is 1. The van der Waals surface area contributed by atoms with Crippen molar-refractivity contribution >= 4 is 17.3 Å². The van der Waals surface area contributed by atoms with Gasteiger partial charge in [0.1, 0.15) is 5.75 Å². The Morgan fingerprint density at radius 1 is 0.867 bits per heavy atom. The van der Waals surface area contributed by atoms with Crippen molar-refractivity contribution in [2.75, 3.05) is 75.8 Å². The van der Waals surface area contributed by atoms with E-state index in [2.05, 4.69) is 47.1 Å². The fraction of sp³-hybridized carbons (Fsp3) is 0.458. The second-order valence-electron chi connectivity index (χ2n) is 8.24. The predicted octanol–water partition coefficient (Wildman–Crippen LogP) is 1.06. The van der Waals surface area contributed by atoms with E-state index in [1.807, 2.05) is 23.1 Å². The van der Waals surface area contributed by atoms with Crippen molar-refractivity contribution in [1.29, 1.82) is 0 Å². The van der Waals surface area contributed by atoms with E-state index >= 15 is 0 Å². The van der Waals surface area contributed by atoms with Gasteiger partial charge in [0, 0.05) is 31.9 Å². The Bertz CT molecular complexity index is 856. The topological polar surface area (TPSA) is 40.5 Å². The molecule has 2 fully saturated rings. The summed E-state index contributed by atoms with van der Waals surface area (Å²) in [5.41, 5.74) is 3.77. The number of ether oxygens (including phenoxy) is 1. The first-order valence-electron chi connectivity index (χ1n) is 11.0. The molecule has 2 aliphatic heterocycles. The summed E-state index contributed by atoms with van der Waals surface area (Å²) in [7, 11) is 1.71. The fourth-order valence-corrected chi connectivity index (χ4v) is 4.57. The van der Waals surface area contributed by atoms with Gasteiger partial charge >= 0.3 is 0 Å². The van der Waals surface area contributed by atoms with Gasteiger partial charge < -0.3 is 24.3 Å². The van der Waals surface area contributed by atoms with Gasteiger partial charge in [-0.25, -0.2) is 0 Å². The van der Waals surface area contributed by atoms with Crippen LogP contribution in [0.2, 0.25) is 0 Å². The van der Waals surface area contributed by atoms with Crippen LogP contribution in [-0.2, 0) is 4.79 Å².